The van der Waals surface area contributed by atoms with Crippen LogP contribution in [-0.2, 0) is 6.42 Å². The van der Waals surface area contributed by atoms with E-state index in [9.17, 15) is 4.39 Å². The van der Waals surface area contributed by atoms with Gasteiger partial charge in [-0.15, -0.1) is 0 Å². The lowest BCUT2D eigenvalue weighted by Crippen LogP contribution is -2.15. The smallest absolute Gasteiger partial charge is 0.128 e. The van der Waals surface area contributed by atoms with Crippen molar-refractivity contribution in [1.82, 2.24) is 0 Å². The van der Waals surface area contributed by atoms with Crippen molar-refractivity contribution in [2.75, 3.05) is 5.73 Å². The molecule has 0 bridgehead atoms. The first-order chi connectivity index (χ1) is 9.22. The average Bonchev–Trinajstić information content (AvgIpc) is 2.38. The Morgan fingerprint density at radius 2 is 2.00 bits per heavy atom. The highest BCUT2D eigenvalue weighted by Crippen LogP contribution is 2.34. The second kappa shape index (κ2) is 4.92. The van der Waals surface area contributed by atoms with Crippen LogP contribution in [0.5, 0.6) is 5.75 Å². The molecule has 0 fully saturated rings. The highest BCUT2D eigenvalue weighted by molar-refractivity contribution is 5.45. The largest absolute Gasteiger partial charge is 0.486 e. The second-order valence-electron chi connectivity index (χ2n) is 4.92. The molecule has 0 radical (unpaired) electrons. The quantitative estimate of drug-likeness (QED) is 0.829. The molecule has 0 heterocycles. The number of hydrogen-bond acceptors (Lipinski definition) is 2. The van der Waals surface area contributed by atoms with E-state index in [-0.39, 0.29) is 11.9 Å². The van der Waals surface area contributed by atoms with Gasteiger partial charge in [0, 0.05) is 17.8 Å². The van der Waals surface area contributed by atoms with Crippen LogP contribution in [0.2, 0.25) is 0 Å². The number of aryl methyl sites for hydroxylation is 1. The highest BCUT2D eigenvalue weighted by atomic mass is 19.1. The predicted molar refractivity (Wildman–Crippen MR) is 73.6 cm³/mol. The van der Waals surface area contributed by atoms with Crippen LogP contribution < -0.4 is 10.5 Å². The molecule has 0 aromatic heterocycles. The number of nitrogen functional groups attached to an aromatic ring is 1. The van der Waals surface area contributed by atoms with E-state index in [1.54, 1.807) is 6.07 Å². The molecule has 2 nitrogen and oxygen atoms in total. The maximum atomic E-state index is 13.3. The SMILES string of the molecule is Nc1cc(F)cc(OC2CCCc3ccccc32)c1. The minimum absolute atomic E-state index is 0.00819. The third kappa shape index (κ3) is 2.55. The first-order valence-electron chi connectivity index (χ1n) is 6.53. The summed E-state index contributed by atoms with van der Waals surface area (Å²) in [6.45, 7) is 0. The van der Waals surface area contributed by atoms with Gasteiger partial charge in [0.1, 0.15) is 17.7 Å². The van der Waals surface area contributed by atoms with Crippen molar-refractivity contribution in [2.24, 2.45) is 0 Å². The molecule has 2 aromatic carbocycles. The minimum atomic E-state index is -0.362. The summed E-state index contributed by atoms with van der Waals surface area (Å²) < 4.78 is 19.2. The fourth-order valence-corrected chi connectivity index (χ4v) is 2.65. The zero-order valence-corrected chi connectivity index (χ0v) is 10.6. The molecule has 0 saturated carbocycles. The first kappa shape index (κ1) is 12.0. The van der Waals surface area contributed by atoms with Gasteiger partial charge < -0.3 is 10.5 Å². The van der Waals surface area contributed by atoms with Gasteiger partial charge in [-0.25, -0.2) is 4.39 Å². The predicted octanol–water partition coefficient (Wildman–Crippen LogP) is 3.86. The van der Waals surface area contributed by atoms with E-state index in [4.69, 9.17) is 10.5 Å². The second-order valence-corrected chi connectivity index (χ2v) is 4.92. The Morgan fingerprint density at radius 3 is 2.84 bits per heavy atom. The minimum Gasteiger partial charge on any atom is -0.486 e. The molecular weight excluding hydrogens is 241 g/mol. The van der Waals surface area contributed by atoms with Gasteiger partial charge in [-0.1, -0.05) is 24.3 Å². The van der Waals surface area contributed by atoms with Crippen LogP contribution in [0, 0.1) is 5.82 Å². The number of halogens is 1. The zero-order valence-electron chi connectivity index (χ0n) is 10.6. The van der Waals surface area contributed by atoms with Crippen molar-refractivity contribution in [1.29, 1.82) is 0 Å². The van der Waals surface area contributed by atoms with E-state index < -0.39 is 0 Å². The molecule has 3 heteroatoms. The number of rotatable bonds is 2. The zero-order chi connectivity index (χ0) is 13.2. The van der Waals surface area contributed by atoms with Crippen LogP contribution in [-0.4, -0.2) is 0 Å². The maximum absolute atomic E-state index is 13.3. The fourth-order valence-electron chi connectivity index (χ4n) is 2.65. The van der Waals surface area contributed by atoms with Gasteiger partial charge in [-0.3, -0.25) is 0 Å². The Bertz CT molecular complexity index is 577. The average molecular weight is 257 g/mol. The Balaban J connectivity index is 1.88. The van der Waals surface area contributed by atoms with Crippen LogP contribution in [0.3, 0.4) is 0 Å². The Hall–Kier alpha value is -2.03. The number of hydrogen-bond donors (Lipinski definition) is 1. The summed E-state index contributed by atoms with van der Waals surface area (Å²) in [6, 6.07) is 12.6. The van der Waals surface area contributed by atoms with E-state index in [0.29, 0.717) is 11.4 Å². The van der Waals surface area contributed by atoms with Gasteiger partial charge in [0.05, 0.1) is 0 Å². The highest BCUT2D eigenvalue weighted by Gasteiger charge is 2.21. The van der Waals surface area contributed by atoms with Gasteiger partial charge in [0.25, 0.3) is 0 Å². The third-order valence-electron chi connectivity index (χ3n) is 3.49. The van der Waals surface area contributed by atoms with Crippen LogP contribution in [0.25, 0.3) is 0 Å². The first-order valence-corrected chi connectivity index (χ1v) is 6.53. The van der Waals surface area contributed by atoms with Crippen LogP contribution in [0.1, 0.15) is 30.1 Å². The van der Waals surface area contributed by atoms with Crippen molar-refractivity contribution >= 4 is 5.69 Å². The summed E-state index contributed by atoms with van der Waals surface area (Å²) >= 11 is 0. The fraction of sp³-hybridized carbons (Fsp3) is 0.250. The molecule has 0 saturated heterocycles. The number of benzene rings is 2. The Kier molecular flexibility index (Phi) is 3.11. The summed E-state index contributed by atoms with van der Waals surface area (Å²) in [5.41, 5.74) is 8.55. The lowest BCUT2D eigenvalue weighted by Gasteiger charge is -2.26. The monoisotopic (exact) mass is 257 g/mol. The van der Waals surface area contributed by atoms with Crippen LogP contribution in [0.15, 0.2) is 42.5 Å². The number of nitrogens with two attached hydrogens (primary N) is 1. The summed E-state index contributed by atoms with van der Waals surface area (Å²) in [4.78, 5) is 0. The van der Waals surface area contributed by atoms with Crippen LogP contribution in [0.4, 0.5) is 10.1 Å². The van der Waals surface area contributed by atoms with E-state index in [1.165, 1.54) is 23.3 Å². The number of fused-ring (bicyclic) bond motifs is 1. The molecule has 1 unspecified atom stereocenters. The van der Waals surface area contributed by atoms with Gasteiger partial charge in [-0.2, -0.15) is 0 Å². The Morgan fingerprint density at radius 1 is 1.16 bits per heavy atom. The van der Waals surface area contributed by atoms with Crippen molar-refractivity contribution in [2.45, 2.75) is 25.4 Å². The normalized spacial score (nSPS) is 17.8. The lowest BCUT2D eigenvalue weighted by atomic mass is 9.89. The molecule has 1 aliphatic carbocycles. The van der Waals surface area contributed by atoms with Crippen LogP contribution >= 0.6 is 0 Å². The van der Waals surface area contributed by atoms with Gasteiger partial charge >= 0.3 is 0 Å². The summed E-state index contributed by atoms with van der Waals surface area (Å²) in [6.07, 6.45) is 3.12. The summed E-state index contributed by atoms with van der Waals surface area (Å²) in [7, 11) is 0. The molecule has 2 aromatic rings. The molecule has 98 valence electrons. The Labute approximate surface area is 112 Å². The molecule has 0 amide bonds. The topological polar surface area (TPSA) is 35.2 Å². The molecular formula is C16H16FNO. The maximum Gasteiger partial charge on any atom is 0.128 e. The van der Waals surface area contributed by atoms with E-state index in [0.717, 1.165) is 19.3 Å². The van der Waals surface area contributed by atoms with Crippen molar-refractivity contribution in [3.05, 3.63) is 59.4 Å². The van der Waals surface area contributed by atoms with E-state index in [1.807, 2.05) is 12.1 Å². The van der Waals surface area contributed by atoms with Gasteiger partial charge in [0.2, 0.25) is 0 Å². The van der Waals surface area contributed by atoms with Gasteiger partial charge in [-0.05, 0) is 36.5 Å². The molecule has 0 spiro atoms. The molecule has 3 rings (SSSR count). The number of anilines is 1. The van der Waals surface area contributed by atoms with Crippen molar-refractivity contribution in [3.8, 4) is 5.75 Å². The molecule has 1 atom stereocenters. The number of ether oxygens (including phenoxy) is 1. The summed E-state index contributed by atoms with van der Waals surface area (Å²) in [5, 5.41) is 0. The van der Waals surface area contributed by atoms with Gasteiger partial charge in [0.15, 0.2) is 0 Å². The summed E-state index contributed by atoms with van der Waals surface area (Å²) in [5.74, 6) is 0.137. The molecule has 19 heavy (non-hydrogen) atoms. The van der Waals surface area contributed by atoms with Crippen molar-refractivity contribution in [3.63, 3.8) is 0 Å². The molecule has 1 aliphatic rings. The standard InChI is InChI=1S/C16H16FNO/c17-12-8-13(18)10-14(9-12)19-16-7-3-5-11-4-1-2-6-15(11)16/h1-2,4,6,8-10,16H,3,5,7,18H2. The van der Waals surface area contributed by atoms with E-state index in [2.05, 4.69) is 12.1 Å². The lowest BCUT2D eigenvalue weighted by molar-refractivity contribution is 0.183. The third-order valence-corrected chi connectivity index (χ3v) is 3.49. The van der Waals surface area contributed by atoms with Crippen molar-refractivity contribution < 1.29 is 9.13 Å². The molecule has 2 N–H and O–H groups in total. The molecule has 0 aliphatic heterocycles. The van der Waals surface area contributed by atoms with E-state index >= 15 is 0 Å².